The summed E-state index contributed by atoms with van der Waals surface area (Å²) in [5.74, 6) is -0.281. The van der Waals surface area contributed by atoms with Crippen LogP contribution in [0.4, 0.5) is 13.2 Å². The van der Waals surface area contributed by atoms with Crippen molar-refractivity contribution in [3.63, 3.8) is 0 Å². The maximum absolute atomic E-state index is 12.5. The molecule has 2 aromatic rings. The summed E-state index contributed by atoms with van der Waals surface area (Å²) in [6.07, 6.45) is -4.40. The van der Waals surface area contributed by atoms with Crippen molar-refractivity contribution < 1.29 is 27.5 Å². The maximum Gasteiger partial charge on any atom is 0.416 e. The standard InChI is InChI=1S/C19H19F3N2O3/c1-24(12-14-7-9-15(10-8-14)19(20,21)22)18(26)11-23-17(25)13-27-16-5-3-2-4-6-16/h2-10H,11-13H2,1H3,(H,23,25). The third kappa shape index (κ3) is 6.65. The summed E-state index contributed by atoms with van der Waals surface area (Å²) in [7, 11) is 1.51. The van der Waals surface area contributed by atoms with Crippen LogP contribution in [0.2, 0.25) is 0 Å². The second-order valence-electron chi connectivity index (χ2n) is 5.82. The summed E-state index contributed by atoms with van der Waals surface area (Å²) in [5, 5.41) is 2.44. The van der Waals surface area contributed by atoms with Gasteiger partial charge in [0.15, 0.2) is 6.61 Å². The number of para-hydroxylation sites is 1. The Bertz CT molecular complexity index is 762. The van der Waals surface area contributed by atoms with Gasteiger partial charge in [0.05, 0.1) is 12.1 Å². The summed E-state index contributed by atoms with van der Waals surface area (Å²) in [5.41, 5.74) is -0.191. The Morgan fingerprint density at radius 2 is 1.67 bits per heavy atom. The highest BCUT2D eigenvalue weighted by Crippen LogP contribution is 2.29. The summed E-state index contributed by atoms with van der Waals surface area (Å²) in [4.78, 5) is 25.1. The van der Waals surface area contributed by atoms with E-state index in [1.54, 1.807) is 24.3 Å². The van der Waals surface area contributed by atoms with Gasteiger partial charge in [-0.05, 0) is 29.8 Å². The molecule has 5 nitrogen and oxygen atoms in total. The van der Waals surface area contributed by atoms with E-state index < -0.39 is 17.6 Å². The second kappa shape index (κ2) is 9.07. The van der Waals surface area contributed by atoms with Crippen LogP contribution >= 0.6 is 0 Å². The Balaban J connectivity index is 1.75. The van der Waals surface area contributed by atoms with Gasteiger partial charge in [-0.25, -0.2) is 0 Å². The first-order valence-electron chi connectivity index (χ1n) is 8.10. The fourth-order valence-electron chi connectivity index (χ4n) is 2.19. The molecule has 2 aromatic carbocycles. The molecule has 0 aliphatic carbocycles. The zero-order valence-electron chi connectivity index (χ0n) is 14.6. The van der Waals surface area contributed by atoms with Crippen LogP contribution in [0.1, 0.15) is 11.1 Å². The Morgan fingerprint density at radius 3 is 2.26 bits per heavy atom. The van der Waals surface area contributed by atoms with Crippen molar-refractivity contribution in [3.8, 4) is 5.75 Å². The molecule has 0 unspecified atom stereocenters. The third-order valence-corrected chi connectivity index (χ3v) is 3.68. The number of amides is 2. The maximum atomic E-state index is 12.5. The first-order valence-corrected chi connectivity index (χ1v) is 8.10. The van der Waals surface area contributed by atoms with E-state index in [1.165, 1.54) is 24.1 Å². The number of nitrogens with zero attached hydrogens (tertiary/aromatic N) is 1. The van der Waals surface area contributed by atoms with Crippen molar-refractivity contribution in [1.29, 1.82) is 0 Å². The highest BCUT2D eigenvalue weighted by Gasteiger charge is 2.29. The molecule has 0 aromatic heterocycles. The molecule has 0 atom stereocenters. The molecule has 144 valence electrons. The van der Waals surface area contributed by atoms with Gasteiger partial charge in [-0.3, -0.25) is 9.59 Å². The highest BCUT2D eigenvalue weighted by molar-refractivity contribution is 5.85. The van der Waals surface area contributed by atoms with Crippen LogP contribution in [0.5, 0.6) is 5.75 Å². The van der Waals surface area contributed by atoms with Gasteiger partial charge in [0.1, 0.15) is 5.75 Å². The van der Waals surface area contributed by atoms with Gasteiger partial charge in [0, 0.05) is 13.6 Å². The van der Waals surface area contributed by atoms with E-state index >= 15 is 0 Å². The predicted octanol–water partition coefficient (Wildman–Crippen LogP) is 2.86. The van der Waals surface area contributed by atoms with Gasteiger partial charge in [0.2, 0.25) is 5.91 Å². The molecular weight excluding hydrogens is 361 g/mol. The first-order chi connectivity index (χ1) is 12.8. The van der Waals surface area contributed by atoms with Gasteiger partial charge < -0.3 is 15.0 Å². The van der Waals surface area contributed by atoms with Crippen molar-refractivity contribution in [2.24, 2.45) is 0 Å². The number of halogens is 3. The molecule has 2 amide bonds. The molecular formula is C19H19F3N2O3. The first kappa shape index (κ1) is 20.3. The average Bonchev–Trinajstić information content (AvgIpc) is 2.65. The molecule has 0 aliphatic rings. The van der Waals surface area contributed by atoms with E-state index in [2.05, 4.69) is 5.32 Å². The molecule has 0 fully saturated rings. The van der Waals surface area contributed by atoms with Crippen molar-refractivity contribution in [2.45, 2.75) is 12.7 Å². The SMILES string of the molecule is CN(Cc1ccc(C(F)(F)F)cc1)C(=O)CNC(=O)COc1ccccc1. The zero-order chi connectivity index (χ0) is 19.9. The number of hydrogen-bond donors (Lipinski definition) is 1. The number of carbonyl (C=O) groups is 2. The van der Waals surface area contributed by atoms with Crippen LogP contribution in [-0.2, 0) is 22.3 Å². The van der Waals surface area contributed by atoms with E-state index in [0.717, 1.165) is 12.1 Å². The molecule has 0 bridgehead atoms. The lowest BCUT2D eigenvalue weighted by atomic mass is 10.1. The predicted molar refractivity (Wildman–Crippen MR) is 92.9 cm³/mol. The largest absolute Gasteiger partial charge is 0.484 e. The number of benzene rings is 2. The summed E-state index contributed by atoms with van der Waals surface area (Å²) in [6, 6.07) is 13.3. The van der Waals surface area contributed by atoms with Crippen molar-refractivity contribution in [3.05, 3.63) is 65.7 Å². The van der Waals surface area contributed by atoms with Crippen LogP contribution < -0.4 is 10.1 Å². The Kier molecular flexibility index (Phi) is 6.81. The molecule has 27 heavy (non-hydrogen) atoms. The number of rotatable bonds is 7. The highest BCUT2D eigenvalue weighted by atomic mass is 19.4. The van der Waals surface area contributed by atoms with E-state index in [-0.39, 0.29) is 25.6 Å². The van der Waals surface area contributed by atoms with Gasteiger partial charge in [-0.15, -0.1) is 0 Å². The lowest BCUT2D eigenvalue weighted by molar-refractivity contribution is -0.137. The smallest absolute Gasteiger partial charge is 0.416 e. The molecule has 8 heteroatoms. The molecule has 0 radical (unpaired) electrons. The third-order valence-electron chi connectivity index (χ3n) is 3.68. The van der Waals surface area contributed by atoms with Crippen LogP contribution in [0, 0.1) is 0 Å². The van der Waals surface area contributed by atoms with Crippen molar-refractivity contribution in [2.75, 3.05) is 20.2 Å². The zero-order valence-corrected chi connectivity index (χ0v) is 14.6. The molecule has 0 spiro atoms. The minimum Gasteiger partial charge on any atom is -0.484 e. The number of alkyl halides is 3. The van der Waals surface area contributed by atoms with E-state index in [9.17, 15) is 22.8 Å². The minimum absolute atomic E-state index is 0.132. The minimum atomic E-state index is -4.40. The lowest BCUT2D eigenvalue weighted by Gasteiger charge is -2.18. The average molecular weight is 380 g/mol. The Hall–Kier alpha value is -3.03. The van der Waals surface area contributed by atoms with Gasteiger partial charge >= 0.3 is 6.18 Å². The second-order valence-corrected chi connectivity index (χ2v) is 5.82. The normalized spacial score (nSPS) is 11.0. The fraction of sp³-hybridized carbons (Fsp3) is 0.263. The molecule has 0 saturated heterocycles. The van der Waals surface area contributed by atoms with Crippen LogP contribution in [-0.4, -0.2) is 36.9 Å². The summed E-state index contributed by atoms with van der Waals surface area (Å²) < 4.78 is 42.9. The number of ether oxygens (including phenoxy) is 1. The van der Waals surface area contributed by atoms with Gasteiger partial charge in [-0.1, -0.05) is 30.3 Å². The number of likely N-dealkylation sites (N-methyl/N-ethyl adjacent to an activating group) is 1. The van der Waals surface area contributed by atoms with E-state index in [4.69, 9.17) is 4.74 Å². The van der Waals surface area contributed by atoms with E-state index in [1.807, 2.05) is 6.07 Å². The van der Waals surface area contributed by atoms with Crippen LogP contribution in [0.15, 0.2) is 54.6 Å². The van der Waals surface area contributed by atoms with Gasteiger partial charge in [-0.2, -0.15) is 13.2 Å². The van der Waals surface area contributed by atoms with Crippen LogP contribution in [0.3, 0.4) is 0 Å². The van der Waals surface area contributed by atoms with Crippen molar-refractivity contribution >= 4 is 11.8 Å². The molecule has 0 aliphatic heterocycles. The Morgan fingerprint density at radius 1 is 1.04 bits per heavy atom. The summed E-state index contributed by atoms with van der Waals surface area (Å²) >= 11 is 0. The van der Waals surface area contributed by atoms with Crippen molar-refractivity contribution in [1.82, 2.24) is 10.2 Å². The lowest BCUT2D eigenvalue weighted by Crippen LogP contribution is -2.39. The topological polar surface area (TPSA) is 58.6 Å². The Labute approximate surface area is 154 Å². The molecule has 2 rings (SSSR count). The fourth-order valence-corrected chi connectivity index (χ4v) is 2.19. The van der Waals surface area contributed by atoms with E-state index in [0.29, 0.717) is 11.3 Å². The number of nitrogens with one attached hydrogen (secondary N) is 1. The molecule has 1 N–H and O–H groups in total. The van der Waals surface area contributed by atoms with Gasteiger partial charge in [0.25, 0.3) is 5.91 Å². The molecule has 0 heterocycles. The molecule has 0 saturated carbocycles. The summed E-state index contributed by atoms with van der Waals surface area (Å²) in [6.45, 7) is -0.318. The quantitative estimate of drug-likeness (QED) is 0.804. The number of hydrogen-bond acceptors (Lipinski definition) is 3. The number of carbonyl (C=O) groups excluding carboxylic acids is 2. The van der Waals surface area contributed by atoms with Crippen LogP contribution in [0.25, 0.3) is 0 Å². The monoisotopic (exact) mass is 380 g/mol.